The molecule has 0 unspecified atom stereocenters. The van der Waals surface area contributed by atoms with E-state index in [0.29, 0.717) is 11.5 Å². The lowest BCUT2D eigenvalue weighted by atomic mass is 10.1. The molecule has 0 fully saturated rings. The van der Waals surface area contributed by atoms with Crippen LogP contribution >= 0.6 is 33.2 Å². The first kappa shape index (κ1) is 17.5. The van der Waals surface area contributed by atoms with E-state index in [2.05, 4.69) is 33.7 Å². The van der Waals surface area contributed by atoms with Crippen LogP contribution in [0.2, 0.25) is 0 Å². The van der Waals surface area contributed by atoms with Crippen LogP contribution in [-0.4, -0.2) is 32.6 Å². The van der Waals surface area contributed by atoms with Crippen LogP contribution in [0.4, 0.5) is 11.4 Å². The summed E-state index contributed by atoms with van der Waals surface area (Å²) in [5, 5.41) is 21.1. The number of nitrogens with zero attached hydrogens (tertiary/aromatic N) is 2. The fraction of sp³-hybridized carbons (Fsp3) is 0.263. The summed E-state index contributed by atoms with van der Waals surface area (Å²) in [6.07, 6.45) is 1.73. The predicted molar refractivity (Wildman–Crippen MR) is 119 cm³/mol. The number of hydrogen-bond acceptors (Lipinski definition) is 4. The van der Waals surface area contributed by atoms with Gasteiger partial charge in [0.15, 0.2) is 5.11 Å². The molecule has 0 atom stereocenters. The summed E-state index contributed by atoms with van der Waals surface area (Å²) in [4.78, 5) is 4.29. The number of fused-ring (bicyclic) bond motifs is 1. The number of likely N-dealkylation sites (N-methyl/N-ethyl adjacent to an activating group) is 1. The van der Waals surface area contributed by atoms with Crippen molar-refractivity contribution in [2.75, 3.05) is 23.4 Å². The second-order valence-corrected chi connectivity index (χ2v) is 8.94. The first-order chi connectivity index (χ1) is 12.5. The number of phenols is 2. The van der Waals surface area contributed by atoms with Gasteiger partial charge in [-0.05, 0) is 60.5 Å². The van der Waals surface area contributed by atoms with Crippen LogP contribution in [0.25, 0.3) is 0 Å². The Kier molecular flexibility index (Phi) is 4.52. The van der Waals surface area contributed by atoms with Crippen LogP contribution in [0.1, 0.15) is 23.6 Å². The summed E-state index contributed by atoms with van der Waals surface area (Å²) in [5.74, 6) is 0.222. The largest absolute Gasteiger partial charge is 0.508 e. The van der Waals surface area contributed by atoms with Gasteiger partial charge in [0, 0.05) is 57.6 Å². The van der Waals surface area contributed by atoms with Crippen molar-refractivity contribution in [2.45, 2.75) is 19.8 Å². The maximum atomic E-state index is 10.4. The van der Waals surface area contributed by atoms with Crippen LogP contribution < -0.4 is 13.3 Å². The van der Waals surface area contributed by atoms with E-state index in [1.807, 2.05) is 17.9 Å². The van der Waals surface area contributed by atoms with Gasteiger partial charge in [0.05, 0.1) is 0 Å². The van der Waals surface area contributed by atoms with E-state index in [1.54, 1.807) is 0 Å². The van der Waals surface area contributed by atoms with Crippen LogP contribution in [0.5, 0.6) is 11.5 Å². The summed E-state index contributed by atoms with van der Waals surface area (Å²) in [6.45, 7) is 3.02. The van der Waals surface area contributed by atoms with E-state index in [1.165, 1.54) is 17.3 Å². The highest BCUT2D eigenvalue weighted by Crippen LogP contribution is 2.36. The molecule has 0 aliphatic carbocycles. The number of benzene rings is 2. The van der Waals surface area contributed by atoms with Gasteiger partial charge in [-0.25, -0.2) is 0 Å². The lowest BCUT2D eigenvalue weighted by Gasteiger charge is -2.23. The van der Waals surface area contributed by atoms with Gasteiger partial charge in [0.25, 0.3) is 0 Å². The Morgan fingerprint density at radius 3 is 2.77 bits per heavy atom. The molecule has 0 amide bonds. The number of anilines is 2. The van der Waals surface area contributed by atoms with Gasteiger partial charge in [-0.1, -0.05) is 6.92 Å². The molecule has 2 aromatic rings. The van der Waals surface area contributed by atoms with Gasteiger partial charge in [-0.2, -0.15) is 0 Å². The molecule has 2 aliphatic rings. The molecule has 0 saturated heterocycles. The molecule has 0 saturated carbocycles. The van der Waals surface area contributed by atoms with Gasteiger partial charge in [0.1, 0.15) is 15.1 Å². The number of rotatable bonds is 3. The Hall–Kier alpha value is -1.87. The van der Waals surface area contributed by atoms with Crippen molar-refractivity contribution < 1.29 is 10.2 Å². The average molecular weight is 481 g/mol. The van der Waals surface area contributed by atoms with Crippen molar-refractivity contribution in [1.82, 2.24) is 3.53 Å². The highest BCUT2D eigenvalue weighted by Gasteiger charge is 2.28. The summed E-state index contributed by atoms with van der Waals surface area (Å²) >= 11 is 4.99. The third-order valence-corrected chi connectivity index (χ3v) is 7.87. The Morgan fingerprint density at radius 2 is 2.00 bits per heavy atom. The zero-order valence-corrected chi connectivity index (χ0v) is 17.6. The summed E-state index contributed by atoms with van der Waals surface area (Å²) in [7, 11) is 2.11. The Bertz CT molecular complexity index is 945. The summed E-state index contributed by atoms with van der Waals surface area (Å²) in [5.41, 5.74) is 5.18. The van der Waals surface area contributed by atoms with E-state index < -0.39 is 21.0 Å². The average Bonchev–Trinajstić information content (AvgIpc) is 3.18. The van der Waals surface area contributed by atoms with E-state index >= 15 is 0 Å². The highest BCUT2D eigenvalue weighted by atomic mass is 127. The van der Waals surface area contributed by atoms with Crippen LogP contribution in [0, 0.1) is 0 Å². The zero-order valence-electron chi connectivity index (χ0n) is 14.6. The second-order valence-electron chi connectivity index (χ2n) is 6.46. The lowest BCUT2D eigenvalue weighted by Crippen LogP contribution is -2.34. The fourth-order valence-corrected chi connectivity index (χ4v) is 6.25. The molecule has 0 radical (unpaired) electrons. The SMILES string of the molecule is CCc1cc(C2=INC(=S)N2c2ccc3c(c2)CCN3C)c(O)cc1O. The molecule has 2 aromatic carbocycles. The maximum absolute atomic E-state index is 10.4. The van der Waals surface area contributed by atoms with E-state index in [0.717, 1.165) is 33.4 Å². The van der Waals surface area contributed by atoms with Crippen molar-refractivity contribution in [3.8, 4) is 11.5 Å². The van der Waals surface area contributed by atoms with E-state index in [9.17, 15) is 10.2 Å². The molecule has 0 spiro atoms. The quantitative estimate of drug-likeness (QED) is 0.355. The minimum absolute atomic E-state index is 0.0896. The van der Waals surface area contributed by atoms with Crippen molar-refractivity contribution in [3.05, 3.63) is 47.0 Å². The van der Waals surface area contributed by atoms with E-state index in [-0.39, 0.29) is 11.5 Å². The Labute approximate surface area is 168 Å². The second kappa shape index (κ2) is 6.70. The highest BCUT2D eigenvalue weighted by molar-refractivity contribution is 14.2. The van der Waals surface area contributed by atoms with Gasteiger partial charge in [-0.15, -0.1) is 0 Å². The van der Waals surface area contributed by atoms with E-state index in [4.69, 9.17) is 12.2 Å². The number of nitrogens with one attached hydrogen (secondary N) is 1. The molecular weight excluding hydrogens is 461 g/mol. The monoisotopic (exact) mass is 481 g/mol. The molecule has 2 heterocycles. The van der Waals surface area contributed by atoms with Gasteiger partial charge >= 0.3 is 0 Å². The van der Waals surface area contributed by atoms with Gasteiger partial charge in [0.2, 0.25) is 0 Å². The minimum atomic E-state index is -0.570. The normalized spacial score (nSPS) is 16.2. The van der Waals surface area contributed by atoms with Crippen LogP contribution in [0.3, 0.4) is 0 Å². The number of halogens is 1. The molecule has 26 heavy (non-hydrogen) atoms. The maximum Gasteiger partial charge on any atom is 0.187 e. The first-order valence-electron chi connectivity index (χ1n) is 8.49. The fourth-order valence-electron chi connectivity index (χ4n) is 3.42. The molecule has 5 nitrogen and oxygen atoms in total. The molecule has 136 valence electrons. The van der Waals surface area contributed by atoms with Crippen molar-refractivity contribution in [1.29, 1.82) is 0 Å². The number of hydrogen-bond donors (Lipinski definition) is 3. The first-order valence-corrected chi connectivity index (χ1v) is 11.1. The van der Waals surface area contributed by atoms with Gasteiger partial charge < -0.3 is 18.6 Å². The lowest BCUT2D eigenvalue weighted by molar-refractivity contribution is 0.446. The summed E-state index contributed by atoms with van der Waals surface area (Å²) < 4.78 is 4.33. The molecular formula is C19H20IN3O2S. The molecule has 2 aliphatic heterocycles. The third-order valence-electron chi connectivity index (χ3n) is 4.87. The molecule has 4 rings (SSSR count). The predicted octanol–water partition coefficient (Wildman–Crippen LogP) is 3.41. The number of aromatic hydroxyl groups is 2. The van der Waals surface area contributed by atoms with Crippen molar-refractivity contribution in [3.63, 3.8) is 0 Å². The molecule has 7 heteroatoms. The standard InChI is InChI=1S/C19H20IN3O2S/c1-3-11-9-14(17(25)10-16(11)24)18-20-21-19(26)23(18)13-4-5-15-12(8-13)6-7-22(15)2/h4-5,8-10,24-25H,3,6-7H2,1-2H3,(H,21,26). The van der Waals surface area contributed by atoms with Crippen LogP contribution in [-0.2, 0) is 12.8 Å². The number of thiocarbonyl (C=S) groups is 1. The minimum Gasteiger partial charge on any atom is -0.508 e. The topological polar surface area (TPSA) is 59.0 Å². The summed E-state index contributed by atoms with van der Waals surface area (Å²) in [6, 6.07) is 9.73. The van der Waals surface area contributed by atoms with Gasteiger partial charge in [-0.3, -0.25) is 4.90 Å². The third kappa shape index (κ3) is 2.83. The van der Waals surface area contributed by atoms with Crippen molar-refractivity contribution in [2.24, 2.45) is 0 Å². The number of aryl methyl sites for hydroxylation is 1. The molecule has 0 aromatic heterocycles. The zero-order chi connectivity index (χ0) is 18.4. The molecule has 3 N–H and O–H groups in total. The Balaban J connectivity index is 1.78. The smallest absolute Gasteiger partial charge is 0.187 e. The Morgan fingerprint density at radius 1 is 1.19 bits per heavy atom. The number of phenolic OH excluding ortho intramolecular Hbond substituents is 2. The van der Waals surface area contributed by atoms with Crippen LogP contribution in [0.15, 0.2) is 30.3 Å². The molecule has 0 bridgehead atoms. The van der Waals surface area contributed by atoms with Crippen molar-refractivity contribution >= 4 is 53.3 Å².